The number of ether oxygens (including phenoxy) is 1. The van der Waals surface area contributed by atoms with Gasteiger partial charge in [-0.25, -0.2) is 0 Å². The number of phenolic OH excluding ortho intramolecular Hbond substituents is 1. The molecular weight excluding hydrogens is 618 g/mol. The van der Waals surface area contributed by atoms with Crippen molar-refractivity contribution in [3.8, 4) is 22.6 Å². The third-order valence-corrected chi connectivity index (χ3v) is 9.61. The number of rotatable bonds is 7. The van der Waals surface area contributed by atoms with E-state index in [4.69, 9.17) is 10.5 Å². The minimum atomic E-state index is -2.70. The molecule has 0 unspecified atom stereocenters. The summed E-state index contributed by atoms with van der Waals surface area (Å²) < 4.78 is 5.16. The number of aliphatic hydroxyl groups is 3. The molecule has 1 saturated carbocycles. The van der Waals surface area contributed by atoms with Crippen molar-refractivity contribution in [2.75, 3.05) is 26.5 Å². The summed E-state index contributed by atoms with van der Waals surface area (Å²) in [4.78, 5) is 53.7. The van der Waals surface area contributed by atoms with Gasteiger partial charge in [-0.05, 0) is 85.4 Å². The van der Waals surface area contributed by atoms with E-state index in [1.807, 2.05) is 12.1 Å². The van der Waals surface area contributed by atoms with Gasteiger partial charge in [0.1, 0.15) is 28.6 Å². The summed E-state index contributed by atoms with van der Waals surface area (Å²) in [7, 11) is 4.67. The Morgan fingerprint density at radius 3 is 2.27 bits per heavy atom. The van der Waals surface area contributed by atoms with Crippen LogP contribution in [-0.4, -0.2) is 81.6 Å². The lowest BCUT2D eigenvalue weighted by Crippen LogP contribution is -2.65. The number of aliphatic hydroxyl groups excluding tert-OH is 2. The van der Waals surface area contributed by atoms with Crippen LogP contribution in [0.5, 0.6) is 11.5 Å². The van der Waals surface area contributed by atoms with Crippen LogP contribution in [0.1, 0.15) is 23.1 Å². The van der Waals surface area contributed by atoms with Crippen LogP contribution < -0.4 is 15.8 Å². The first-order valence-corrected chi connectivity index (χ1v) is 15.3. The summed E-state index contributed by atoms with van der Waals surface area (Å²) in [5.74, 6) is -6.55. The maximum Gasteiger partial charge on any atom is 0.255 e. The molecule has 6 rings (SSSR count). The molecule has 3 aliphatic rings. The summed E-state index contributed by atoms with van der Waals surface area (Å²) in [5.41, 5.74) is 4.89. The number of hydrogen-bond donors (Lipinski definition) is 6. The van der Waals surface area contributed by atoms with Gasteiger partial charge in [0.2, 0.25) is 11.7 Å². The second kappa shape index (κ2) is 12.0. The third kappa shape index (κ3) is 5.09. The maximum atomic E-state index is 14.1. The number of amides is 2. The first kappa shape index (κ1) is 32.5. The molecule has 12 nitrogen and oxygen atoms in total. The Bertz CT molecular complexity index is 1930. The Labute approximate surface area is 275 Å². The fraction of sp³-hybridized carbons (Fsp3) is 0.278. The monoisotopic (exact) mass is 653 g/mol. The van der Waals surface area contributed by atoms with Gasteiger partial charge in [-0.2, -0.15) is 0 Å². The lowest BCUT2D eigenvalue weighted by molar-refractivity contribution is -0.153. The van der Waals surface area contributed by atoms with Gasteiger partial charge < -0.3 is 36.2 Å². The van der Waals surface area contributed by atoms with Gasteiger partial charge in [-0.1, -0.05) is 30.3 Å². The van der Waals surface area contributed by atoms with E-state index in [-0.39, 0.29) is 42.1 Å². The zero-order valence-electron chi connectivity index (χ0n) is 26.5. The maximum absolute atomic E-state index is 14.1. The third-order valence-electron chi connectivity index (χ3n) is 9.61. The van der Waals surface area contributed by atoms with Crippen LogP contribution in [0, 0.1) is 11.8 Å². The zero-order chi connectivity index (χ0) is 34.7. The first-order valence-electron chi connectivity index (χ1n) is 15.3. The van der Waals surface area contributed by atoms with E-state index < -0.39 is 58.0 Å². The molecule has 3 aromatic rings. The van der Waals surface area contributed by atoms with Gasteiger partial charge in [0.25, 0.3) is 5.91 Å². The highest BCUT2D eigenvalue weighted by molar-refractivity contribution is 6.24. The van der Waals surface area contributed by atoms with Gasteiger partial charge in [-0.15, -0.1) is 0 Å². The van der Waals surface area contributed by atoms with Gasteiger partial charge in [0.05, 0.1) is 25.1 Å². The Morgan fingerprint density at radius 1 is 1.00 bits per heavy atom. The van der Waals surface area contributed by atoms with E-state index in [0.717, 1.165) is 5.56 Å². The molecule has 2 amide bonds. The molecule has 0 saturated heterocycles. The molecule has 0 aliphatic heterocycles. The Kier molecular flexibility index (Phi) is 8.10. The quantitative estimate of drug-likeness (QED) is 0.206. The lowest BCUT2D eigenvalue weighted by atomic mass is 9.57. The highest BCUT2D eigenvalue weighted by atomic mass is 16.5. The number of nitrogens with zero attached hydrogens (tertiary/aromatic N) is 1. The van der Waals surface area contributed by atoms with Gasteiger partial charge in [0.15, 0.2) is 11.4 Å². The van der Waals surface area contributed by atoms with Crippen molar-refractivity contribution >= 4 is 34.8 Å². The fourth-order valence-electron chi connectivity index (χ4n) is 7.38. The molecule has 0 spiro atoms. The summed E-state index contributed by atoms with van der Waals surface area (Å²) in [6, 6.07) is 16.1. The molecule has 1 fully saturated rings. The molecular formula is C36H35N3O9. The van der Waals surface area contributed by atoms with Crippen molar-refractivity contribution in [3.05, 3.63) is 94.3 Å². The molecule has 0 heterocycles. The number of fused-ring (bicyclic) bond motifs is 3. The summed E-state index contributed by atoms with van der Waals surface area (Å²) >= 11 is 0. The molecule has 248 valence electrons. The van der Waals surface area contributed by atoms with Crippen LogP contribution in [0.3, 0.4) is 0 Å². The standard InChI is InChI=1S/C36H35N3O9/c1-39(2)30-24-16-19-15-23-22(18-6-8-20(9-7-18)38-26(41)14-17-4-10-21(48-3)11-5-17)12-13-25(40)28(23)31(42)27(19)33(44)36(24,47)34(45)29(32(30)43)35(37)46/h4-13,19,24,30,40,42,45,47H,14-16H2,1-3H3,(H2,37,46)(H,38,41)/t19-,24-,30+,36-/m0/s1. The number of likely N-dealkylation sites (N-methyl/N-ethyl adjacent to an activating group) is 1. The van der Waals surface area contributed by atoms with Crippen molar-refractivity contribution in [2.24, 2.45) is 17.6 Å². The fourth-order valence-corrected chi connectivity index (χ4v) is 7.38. The molecule has 0 radical (unpaired) electrons. The normalized spacial score (nSPS) is 23.4. The number of phenols is 1. The first-order chi connectivity index (χ1) is 22.8. The number of carbonyl (C=O) groups is 4. The number of methoxy groups -OCH3 is 1. The number of hydrogen-bond acceptors (Lipinski definition) is 10. The van der Waals surface area contributed by atoms with Gasteiger partial charge in [0, 0.05) is 17.2 Å². The predicted octanol–water partition coefficient (Wildman–Crippen LogP) is 2.82. The van der Waals surface area contributed by atoms with Gasteiger partial charge >= 0.3 is 0 Å². The largest absolute Gasteiger partial charge is 0.508 e. The number of benzene rings is 3. The van der Waals surface area contributed by atoms with Crippen LogP contribution in [0.15, 0.2) is 77.6 Å². The smallest absolute Gasteiger partial charge is 0.255 e. The Hall–Kier alpha value is -5.46. The minimum absolute atomic E-state index is 0.000611. The average Bonchev–Trinajstić information content (AvgIpc) is 3.03. The lowest BCUT2D eigenvalue weighted by Gasteiger charge is -2.50. The van der Waals surface area contributed by atoms with Crippen LogP contribution in [0.4, 0.5) is 5.69 Å². The molecule has 3 aromatic carbocycles. The van der Waals surface area contributed by atoms with Crippen LogP contribution in [-0.2, 0) is 32.0 Å². The number of primary amides is 1. The SMILES string of the molecule is COc1ccc(CC(=O)Nc2ccc(-c3ccc(O)c4c3C[C@H]3C[C@H]5[C@@H](N(C)C)C(=O)C(C(N)=O)=C(O)[C@@]5(O)C(=O)C3=C4O)cc2)cc1. The second-order valence-electron chi connectivity index (χ2n) is 12.6. The number of aromatic hydroxyl groups is 1. The van der Waals surface area contributed by atoms with Gasteiger partial charge in [-0.3, -0.25) is 24.1 Å². The number of ketones is 2. The Morgan fingerprint density at radius 2 is 1.67 bits per heavy atom. The molecule has 7 N–H and O–H groups in total. The summed E-state index contributed by atoms with van der Waals surface area (Å²) in [6.07, 6.45) is 0.303. The minimum Gasteiger partial charge on any atom is -0.508 e. The summed E-state index contributed by atoms with van der Waals surface area (Å²) in [6.45, 7) is 0. The topological polar surface area (TPSA) is 200 Å². The van der Waals surface area contributed by atoms with Crippen molar-refractivity contribution in [1.29, 1.82) is 0 Å². The van der Waals surface area contributed by atoms with E-state index in [9.17, 15) is 39.6 Å². The molecule has 12 heteroatoms. The number of nitrogens with one attached hydrogen (secondary N) is 1. The predicted molar refractivity (Wildman–Crippen MR) is 175 cm³/mol. The van der Waals surface area contributed by atoms with E-state index in [1.165, 1.54) is 11.0 Å². The summed E-state index contributed by atoms with van der Waals surface area (Å²) in [5, 5.41) is 48.1. The van der Waals surface area contributed by atoms with Crippen LogP contribution >= 0.6 is 0 Å². The van der Waals surface area contributed by atoms with Crippen LogP contribution in [0.25, 0.3) is 16.9 Å². The second-order valence-corrected chi connectivity index (χ2v) is 12.6. The molecule has 48 heavy (non-hydrogen) atoms. The number of nitrogens with two attached hydrogens (primary N) is 1. The zero-order valence-corrected chi connectivity index (χ0v) is 26.5. The molecule has 0 aromatic heterocycles. The number of anilines is 1. The van der Waals surface area contributed by atoms with E-state index in [0.29, 0.717) is 28.1 Å². The Balaban J connectivity index is 1.34. The number of Topliss-reactive ketones (excluding diaryl/α,β-unsaturated/α-hetero) is 2. The van der Waals surface area contributed by atoms with Crippen molar-refractivity contribution in [2.45, 2.75) is 30.9 Å². The average molecular weight is 654 g/mol. The van der Waals surface area contributed by atoms with Crippen LogP contribution in [0.2, 0.25) is 0 Å². The molecule has 4 atom stereocenters. The van der Waals surface area contributed by atoms with E-state index in [2.05, 4.69) is 5.32 Å². The van der Waals surface area contributed by atoms with Crippen molar-refractivity contribution in [3.63, 3.8) is 0 Å². The highest BCUT2D eigenvalue weighted by Gasteiger charge is 2.64. The molecule has 3 aliphatic carbocycles. The van der Waals surface area contributed by atoms with Crippen molar-refractivity contribution in [1.82, 2.24) is 4.90 Å². The van der Waals surface area contributed by atoms with Crippen molar-refractivity contribution < 1.29 is 44.3 Å². The number of carbonyl (C=O) groups excluding carboxylic acids is 4. The van der Waals surface area contributed by atoms with E-state index >= 15 is 0 Å². The molecule has 0 bridgehead atoms. The van der Waals surface area contributed by atoms with E-state index in [1.54, 1.807) is 63.7 Å². The highest BCUT2D eigenvalue weighted by Crippen LogP contribution is 2.53.